The highest BCUT2D eigenvalue weighted by Crippen LogP contribution is 2.29. The zero-order valence-electron chi connectivity index (χ0n) is 11.8. The van der Waals surface area contributed by atoms with E-state index in [0.717, 1.165) is 15.7 Å². The maximum Gasteiger partial charge on any atom is 0.295 e. The van der Waals surface area contributed by atoms with Gasteiger partial charge in [-0.25, -0.2) is 4.98 Å². The van der Waals surface area contributed by atoms with Crippen LogP contribution in [0.3, 0.4) is 0 Å². The number of rotatable bonds is 4. The summed E-state index contributed by atoms with van der Waals surface area (Å²) in [6.45, 7) is 2.45. The predicted molar refractivity (Wildman–Crippen MR) is 91.3 cm³/mol. The van der Waals surface area contributed by atoms with Gasteiger partial charge in [0.25, 0.3) is 5.91 Å². The summed E-state index contributed by atoms with van der Waals surface area (Å²) in [6.07, 6.45) is 1.50. The van der Waals surface area contributed by atoms with Crippen molar-refractivity contribution < 1.29 is 9.21 Å². The van der Waals surface area contributed by atoms with Gasteiger partial charge in [-0.2, -0.15) is 0 Å². The summed E-state index contributed by atoms with van der Waals surface area (Å²) in [7, 11) is 0. The summed E-state index contributed by atoms with van der Waals surface area (Å²) in [4.78, 5) is 18.6. The van der Waals surface area contributed by atoms with Gasteiger partial charge in [0.05, 0.1) is 12.0 Å². The van der Waals surface area contributed by atoms with Gasteiger partial charge < -0.3 is 4.42 Å². The summed E-state index contributed by atoms with van der Waals surface area (Å²) in [5.74, 6) is 0.145. The monoisotopic (exact) mass is 376 g/mol. The smallest absolute Gasteiger partial charge is 0.295 e. The molecule has 0 saturated heterocycles. The van der Waals surface area contributed by atoms with Gasteiger partial charge in [0.1, 0.15) is 0 Å². The molecule has 0 atom stereocenters. The van der Waals surface area contributed by atoms with Crippen LogP contribution in [-0.2, 0) is 0 Å². The summed E-state index contributed by atoms with van der Waals surface area (Å²) in [5, 5.41) is 2.62. The fraction of sp³-hybridized carbons (Fsp3) is 0.125. The number of aromatic nitrogens is 1. The molecule has 4 nitrogen and oxygen atoms in total. The fourth-order valence-electron chi connectivity index (χ4n) is 2.04. The molecule has 1 amide bonds. The lowest BCUT2D eigenvalue weighted by Gasteiger charge is -2.15. The van der Waals surface area contributed by atoms with Gasteiger partial charge in [-0.1, -0.05) is 28.1 Å². The lowest BCUT2D eigenvalue weighted by Crippen LogP contribution is -2.30. The Morgan fingerprint density at radius 2 is 2.09 bits per heavy atom. The molecule has 0 radical (unpaired) electrons. The Morgan fingerprint density at radius 1 is 1.32 bits per heavy atom. The average Bonchev–Trinajstić information content (AvgIpc) is 3.20. The summed E-state index contributed by atoms with van der Waals surface area (Å²) in [5.41, 5.74) is 1.88. The second-order valence-corrected chi connectivity index (χ2v) is 6.30. The average molecular weight is 377 g/mol. The molecule has 1 aromatic carbocycles. The molecule has 3 rings (SSSR count). The van der Waals surface area contributed by atoms with Crippen LogP contribution >= 0.6 is 27.3 Å². The first-order valence-electron chi connectivity index (χ1n) is 6.76. The van der Waals surface area contributed by atoms with E-state index in [1.54, 1.807) is 17.0 Å². The highest BCUT2D eigenvalue weighted by atomic mass is 79.9. The number of carbonyl (C=O) groups excluding carboxylic acids is 1. The standard InChI is InChI=1S/C16H13BrN2O2S/c1-2-19(15(20)14-4-3-9-21-14)16-18-13(10-22-16)11-5-7-12(17)8-6-11/h3-10H,2H2,1H3. The molecule has 2 aromatic heterocycles. The van der Waals surface area contributed by atoms with E-state index in [4.69, 9.17) is 4.42 Å². The van der Waals surface area contributed by atoms with Crippen LogP contribution in [0.4, 0.5) is 5.13 Å². The first kappa shape index (κ1) is 15.0. The number of amides is 1. The van der Waals surface area contributed by atoms with E-state index < -0.39 is 0 Å². The minimum atomic E-state index is -0.177. The van der Waals surface area contributed by atoms with Crippen LogP contribution in [0.2, 0.25) is 0 Å². The summed E-state index contributed by atoms with van der Waals surface area (Å²) < 4.78 is 6.21. The topological polar surface area (TPSA) is 46.3 Å². The molecule has 112 valence electrons. The molecular formula is C16H13BrN2O2S. The van der Waals surface area contributed by atoms with Crippen molar-refractivity contribution >= 4 is 38.3 Å². The maximum absolute atomic E-state index is 12.4. The van der Waals surface area contributed by atoms with Crippen LogP contribution in [0.25, 0.3) is 11.3 Å². The molecule has 0 N–H and O–H groups in total. The number of hydrogen-bond acceptors (Lipinski definition) is 4. The van der Waals surface area contributed by atoms with E-state index in [-0.39, 0.29) is 5.91 Å². The lowest BCUT2D eigenvalue weighted by molar-refractivity contribution is 0.0961. The predicted octanol–water partition coefficient (Wildman–Crippen LogP) is 4.83. The van der Waals surface area contributed by atoms with E-state index in [9.17, 15) is 4.79 Å². The number of anilines is 1. The van der Waals surface area contributed by atoms with Crippen LogP contribution in [-0.4, -0.2) is 17.4 Å². The van der Waals surface area contributed by atoms with Crippen LogP contribution in [0.15, 0.2) is 56.9 Å². The number of carbonyl (C=O) groups is 1. The van der Waals surface area contributed by atoms with Gasteiger partial charge >= 0.3 is 0 Å². The molecule has 0 aliphatic rings. The normalized spacial score (nSPS) is 10.6. The Labute approximate surface area is 140 Å². The van der Waals surface area contributed by atoms with Crippen molar-refractivity contribution in [3.8, 4) is 11.3 Å². The zero-order chi connectivity index (χ0) is 15.5. The van der Waals surface area contributed by atoms with Crippen molar-refractivity contribution in [2.24, 2.45) is 0 Å². The van der Waals surface area contributed by atoms with E-state index in [0.29, 0.717) is 17.4 Å². The van der Waals surface area contributed by atoms with E-state index >= 15 is 0 Å². The number of thiazole rings is 1. The summed E-state index contributed by atoms with van der Waals surface area (Å²) in [6, 6.07) is 11.3. The van der Waals surface area contributed by atoms with Gasteiger partial charge in [-0.3, -0.25) is 9.69 Å². The Hall–Kier alpha value is -1.92. The molecule has 0 saturated carbocycles. The second-order valence-electron chi connectivity index (χ2n) is 4.55. The number of nitrogens with zero attached hydrogens (tertiary/aromatic N) is 2. The summed E-state index contributed by atoms with van der Waals surface area (Å²) >= 11 is 4.87. The molecule has 0 aliphatic carbocycles. The van der Waals surface area contributed by atoms with Crippen LogP contribution in [0.5, 0.6) is 0 Å². The molecule has 2 heterocycles. The van der Waals surface area contributed by atoms with Crippen molar-refractivity contribution in [2.75, 3.05) is 11.4 Å². The van der Waals surface area contributed by atoms with Gasteiger partial charge in [0.2, 0.25) is 0 Å². The third-order valence-electron chi connectivity index (χ3n) is 3.16. The number of benzene rings is 1. The Bertz CT molecular complexity index is 766. The lowest BCUT2D eigenvalue weighted by atomic mass is 10.2. The van der Waals surface area contributed by atoms with Crippen molar-refractivity contribution in [1.82, 2.24) is 4.98 Å². The zero-order valence-corrected chi connectivity index (χ0v) is 14.2. The number of halogens is 1. The SMILES string of the molecule is CCN(C(=O)c1ccco1)c1nc(-c2ccc(Br)cc2)cs1. The van der Waals surface area contributed by atoms with Crippen molar-refractivity contribution in [2.45, 2.75) is 6.92 Å². The van der Waals surface area contributed by atoms with E-state index in [1.807, 2.05) is 36.6 Å². The van der Waals surface area contributed by atoms with Crippen LogP contribution in [0, 0.1) is 0 Å². The third kappa shape index (κ3) is 2.98. The molecular weight excluding hydrogens is 364 g/mol. The number of hydrogen-bond donors (Lipinski definition) is 0. The van der Waals surface area contributed by atoms with E-state index in [1.165, 1.54) is 17.6 Å². The van der Waals surface area contributed by atoms with E-state index in [2.05, 4.69) is 20.9 Å². The molecule has 0 bridgehead atoms. The second kappa shape index (κ2) is 6.46. The first-order chi connectivity index (χ1) is 10.7. The first-order valence-corrected chi connectivity index (χ1v) is 8.43. The molecule has 0 unspecified atom stereocenters. The highest BCUT2D eigenvalue weighted by Gasteiger charge is 2.21. The molecule has 6 heteroatoms. The largest absolute Gasteiger partial charge is 0.459 e. The van der Waals surface area contributed by atoms with Gasteiger partial charge in [0, 0.05) is 22.0 Å². The van der Waals surface area contributed by atoms with Gasteiger partial charge in [-0.15, -0.1) is 11.3 Å². The number of furan rings is 1. The Balaban J connectivity index is 1.88. The maximum atomic E-state index is 12.4. The van der Waals surface area contributed by atoms with Crippen LogP contribution in [0.1, 0.15) is 17.5 Å². The van der Waals surface area contributed by atoms with Crippen molar-refractivity contribution in [1.29, 1.82) is 0 Å². The van der Waals surface area contributed by atoms with Crippen molar-refractivity contribution in [3.05, 3.63) is 58.3 Å². The Morgan fingerprint density at radius 3 is 2.73 bits per heavy atom. The molecule has 0 spiro atoms. The highest BCUT2D eigenvalue weighted by molar-refractivity contribution is 9.10. The minimum absolute atomic E-state index is 0.177. The molecule has 3 aromatic rings. The Kier molecular flexibility index (Phi) is 4.40. The fourth-order valence-corrected chi connectivity index (χ4v) is 3.20. The van der Waals surface area contributed by atoms with Crippen LogP contribution < -0.4 is 4.90 Å². The molecule has 0 aliphatic heterocycles. The van der Waals surface area contributed by atoms with Gasteiger partial charge in [-0.05, 0) is 31.2 Å². The molecule has 0 fully saturated rings. The van der Waals surface area contributed by atoms with Gasteiger partial charge in [0.15, 0.2) is 10.9 Å². The van der Waals surface area contributed by atoms with Crippen molar-refractivity contribution in [3.63, 3.8) is 0 Å². The quantitative estimate of drug-likeness (QED) is 0.654. The molecule has 22 heavy (non-hydrogen) atoms. The third-order valence-corrected chi connectivity index (χ3v) is 4.55. The minimum Gasteiger partial charge on any atom is -0.459 e.